The highest BCUT2D eigenvalue weighted by Gasteiger charge is 2.54. The number of amides is 1. The molecular formula is C16H18FNO4. The smallest absolute Gasteiger partial charge is 0.338 e. The van der Waals surface area contributed by atoms with Gasteiger partial charge in [-0.2, -0.15) is 0 Å². The van der Waals surface area contributed by atoms with Gasteiger partial charge >= 0.3 is 5.97 Å². The highest BCUT2D eigenvalue weighted by atomic mass is 19.1. The zero-order valence-electron chi connectivity index (χ0n) is 12.4. The summed E-state index contributed by atoms with van der Waals surface area (Å²) >= 11 is 0. The molecule has 1 amide bonds. The van der Waals surface area contributed by atoms with Crippen LogP contribution in [0.3, 0.4) is 0 Å². The summed E-state index contributed by atoms with van der Waals surface area (Å²) in [5.41, 5.74) is -0.206. The Morgan fingerprint density at radius 1 is 1.41 bits per heavy atom. The van der Waals surface area contributed by atoms with Crippen LogP contribution in [-0.2, 0) is 14.3 Å². The monoisotopic (exact) mass is 307 g/mol. The lowest BCUT2D eigenvalue weighted by Gasteiger charge is -2.22. The van der Waals surface area contributed by atoms with E-state index >= 15 is 0 Å². The van der Waals surface area contributed by atoms with E-state index < -0.39 is 23.3 Å². The van der Waals surface area contributed by atoms with Crippen LogP contribution in [0.25, 0.3) is 0 Å². The van der Waals surface area contributed by atoms with Crippen molar-refractivity contribution in [2.75, 3.05) is 18.5 Å². The predicted octanol–water partition coefficient (Wildman–Crippen LogP) is 2.51. The summed E-state index contributed by atoms with van der Waals surface area (Å²) in [5.74, 6) is -1.23. The fourth-order valence-electron chi connectivity index (χ4n) is 2.85. The van der Waals surface area contributed by atoms with E-state index in [2.05, 4.69) is 5.32 Å². The molecular weight excluding hydrogens is 289 g/mol. The molecule has 1 atom stereocenters. The first-order valence-electron chi connectivity index (χ1n) is 7.38. The van der Waals surface area contributed by atoms with E-state index in [9.17, 15) is 14.0 Å². The Kier molecular flexibility index (Phi) is 3.87. The van der Waals surface area contributed by atoms with Gasteiger partial charge in [-0.1, -0.05) is 0 Å². The third kappa shape index (κ3) is 2.97. The van der Waals surface area contributed by atoms with E-state index in [-0.39, 0.29) is 17.2 Å². The molecule has 1 unspecified atom stereocenters. The molecule has 1 saturated carbocycles. The number of hydrogen-bond donors (Lipinski definition) is 1. The lowest BCUT2D eigenvalue weighted by molar-refractivity contribution is -0.114. The first-order chi connectivity index (χ1) is 10.5. The van der Waals surface area contributed by atoms with Gasteiger partial charge in [-0.25, -0.2) is 9.18 Å². The molecule has 118 valence electrons. The van der Waals surface area contributed by atoms with Gasteiger partial charge in [-0.15, -0.1) is 0 Å². The zero-order valence-corrected chi connectivity index (χ0v) is 12.4. The molecule has 0 radical (unpaired) electrons. The second-order valence-electron chi connectivity index (χ2n) is 5.89. The number of esters is 1. The number of carbonyl (C=O) groups is 2. The Morgan fingerprint density at radius 3 is 2.77 bits per heavy atom. The highest BCUT2D eigenvalue weighted by Crippen LogP contribution is 2.49. The Bertz CT molecular complexity index is 606. The van der Waals surface area contributed by atoms with Gasteiger partial charge in [0, 0.05) is 19.4 Å². The standard InChI is InChI=1S/C16H18FNO4/c1-10(19)18-14-8-11(2-3-13(14)17)15(20)22-16(5-6-16)12-4-7-21-9-12/h2-3,8,12H,4-7,9H2,1H3,(H,18,19). The van der Waals surface area contributed by atoms with Crippen molar-refractivity contribution in [3.05, 3.63) is 29.6 Å². The van der Waals surface area contributed by atoms with Gasteiger partial charge in [-0.05, 0) is 37.5 Å². The van der Waals surface area contributed by atoms with Crippen molar-refractivity contribution in [3.63, 3.8) is 0 Å². The van der Waals surface area contributed by atoms with E-state index in [0.717, 1.165) is 25.3 Å². The molecule has 0 aromatic heterocycles. The molecule has 3 rings (SSSR count). The number of ether oxygens (including phenoxy) is 2. The maximum atomic E-state index is 13.6. The van der Waals surface area contributed by atoms with E-state index in [4.69, 9.17) is 9.47 Å². The van der Waals surface area contributed by atoms with Gasteiger partial charge in [0.05, 0.1) is 17.9 Å². The van der Waals surface area contributed by atoms with Crippen LogP contribution in [0.5, 0.6) is 0 Å². The van der Waals surface area contributed by atoms with Gasteiger partial charge in [0.15, 0.2) is 0 Å². The third-order valence-electron chi connectivity index (χ3n) is 4.23. The summed E-state index contributed by atoms with van der Waals surface area (Å²) in [6, 6.07) is 3.82. The second kappa shape index (κ2) is 5.68. The van der Waals surface area contributed by atoms with Gasteiger partial charge in [0.1, 0.15) is 11.4 Å². The number of rotatable bonds is 4. The molecule has 2 aliphatic rings. The second-order valence-corrected chi connectivity index (χ2v) is 5.89. The largest absolute Gasteiger partial charge is 0.455 e. The summed E-state index contributed by atoms with van der Waals surface area (Å²) in [6.07, 6.45) is 2.58. The van der Waals surface area contributed by atoms with Crippen LogP contribution in [0.4, 0.5) is 10.1 Å². The molecule has 1 aliphatic heterocycles. The van der Waals surface area contributed by atoms with Crippen molar-refractivity contribution in [1.82, 2.24) is 0 Å². The van der Waals surface area contributed by atoms with Crippen LogP contribution in [0, 0.1) is 11.7 Å². The van der Waals surface area contributed by atoms with Crippen molar-refractivity contribution < 1.29 is 23.5 Å². The predicted molar refractivity (Wildman–Crippen MR) is 77.0 cm³/mol. The summed E-state index contributed by atoms with van der Waals surface area (Å²) < 4.78 is 24.6. The Hall–Kier alpha value is -1.95. The topological polar surface area (TPSA) is 64.6 Å². The average molecular weight is 307 g/mol. The summed E-state index contributed by atoms with van der Waals surface area (Å²) in [5, 5.41) is 2.36. The molecule has 1 N–H and O–H groups in total. The van der Waals surface area contributed by atoms with Crippen molar-refractivity contribution in [1.29, 1.82) is 0 Å². The van der Waals surface area contributed by atoms with Crippen molar-refractivity contribution in [3.8, 4) is 0 Å². The van der Waals surface area contributed by atoms with Gasteiger partial charge < -0.3 is 14.8 Å². The number of benzene rings is 1. The maximum Gasteiger partial charge on any atom is 0.338 e. The van der Waals surface area contributed by atoms with Crippen molar-refractivity contribution in [2.45, 2.75) is 31.8 Å². The molecule has 22 heavy (non-hydrogen) atoms. The van der Waals surface area contributed by atoms with E-state index in [1.54, 1.807) is 0 Å². The average Bonchev–Trinajstić information content (AvgIpc) is 3.02. The minimum atomic E-state index is -0.586. The third-order valence-corrected chi connectivity index (χ3v) is 4.23. The molecule has 1 aromatic rings. The molecule has 1 aromatic carbocycles. The molecule has 1 saturated heterocycles. The highest BCUT2D eigenvalue weighted by molar-refractivity contribution is 5.94. The number of carbonyl (C=O) groups excluding carboxylic acids is 2. The lowest BCUT2D eigenvalue weighted by atomic mass is 9.99. The van der Waals surface area contributed by atoms with Crippen LogP contribution in [-0.4, -0.2) is 30.7 Å². The van der Waals surface area contributed by atoms with Gasteiger partial charge in [0.2, 0.25) is 5.91 Å². The quantitative estimate of drug-likeness (QED) is 0.868. The van der Waals surface area contributed by atoms with Crippen molar-refractivity contribution in [2.24, 2.45) is 5.92 Å². The van der Waals surface area contributed by atoms with Gasteiger partial charge in [-0.3, -0.25) is 4.79 Å². The minimum absolute atomic E-state index is 0.0176. The van der Waals surface area contributed by atoms with Crippen LogP contribution in [0.1, 0.15) is 36.5 Å². The Morgan fingerprint density at radius 2 is 2.18 bits per heavy atom. The summed E-state index contributed by atoms with van der Waals surface area (Å²) in [4.78, 5) is 23.4. The van der Waals surface area contributed by atoms with Crippen LogP contribution in [0.2, 0.25) is 0 Å². The minimum Gasteiger partial charge on any atom is -0.455 e. The molecule has 2 fully saturated rings. The number of anilines is 1. The molecule has 0 bridgehead atoms. The zero-order chi connectivity index (χ0) is 15.7. The van der Waals surface area contributed by atoms with Crippen LogP contribution < -0.4 is 5.32 Å². The SMILES string of the molecule is CC(=O)Nc1cc(C(=O)OC2(C3CCOC3)CC2)ccc1F. The summed E-state index contributed by atoms with van der Waals surface area (Å²) in [6.45, 7) is 2.60. The number of halogens is 1. The molecule has 0 spiro atoms. The molecule has 1 aliphatic carbocycles. The van der Waals surface area contributed by atoms with E-state index in [0.29, 0.717) is 13.2 Å². The Labute approximate surface area is 127 Å². The van der Waals surface area contributed by atoms with Crippen LogP contribution >= 0.6 is 0 Å². The molecule has 6 heteroatoms. The fraction of sp³-hybridized carbons (Fsp3) is 0.500. The van der Waals surface area contributed by atoms with Crippen molar-refractivity contribution >= 4 is 17.6 Å². The fourth-order valence-corrected chi connectivity index (χ4v) is 2.85. The van der Waals surface area contributed by atoms with Gasteiger partial charge in [0.25, 0.3) is 0 Å². The van der Waals surface area contributed by atoms with E-state index in [1.165, 1.54) is 19.1 Å². The summed E-state index contributed by atoms with van der Waals surface area (Å²) in [7, 11) is 0. The first kappa shape index (κ1) is 15.0. The molecule has 1 heterocycles. The maximum absolute atomic E-state index is 13.6. The Balaban J connectivity index is 1.73. The lowest BCUT2D eigenvalue weighted by Crippen LogP contribution is -2.29. The number of nitrogens with one attached hydrogen (secondary N) is 1. The normalized spacial score (nSPS) is 22.2. The van der Waals surface area contributed by atoms with E-state index in [1.807, 2.05) is 0 Å². The van der Waals surface area contributed by atoms with Crippen LogP contribution in [0.15, 0.2) is 18.2 Å². The number of hydrogen-bond acceptors (Lipinski definition) is 4. The first-order valence-corrected chi connectivity index (χ1v) is 7.38. The molecule has 5 nitrogen and oxygen atoms in total.